The quantitative estimate of drug-likeness (QED) is 0.451. The molecule has 30 heavy (non-hydrogen) atoms. The molecule has 1 heterocycles. The van der Waals surface area contributed by atoms with E-state index in [9.17, 15) is 9.50 Å². The number of hydrogen-bond donors (Lipinski definition) is 3. The maximum Gasteiger partial charge on any atom is 0.129 e. The van der Waals surface area contributed by atoms with E-state index in [0.29, 0.717) is 17.7 Å². The van der Waals surface area contributed by atoms with Gasteiger partial charge in [0, 0.05) is 21.3 Å². The summed E-state index contributed by atoms with van der Waals surface area (Å²) in [7, 11) is 0. The first kappa shape index (κ1) is 20.4. The van der Waals surface area contributed by atoms with E-state index in [1.807, 2.05) is 49.4 Å². The first-order chi connectivity index (χ1) is 14.5. The van der Waals surface area contributed by atoms with Gasteiger partial charge in [-0.25, -0.2) is 4.39 Å². The fourth-order valence-corrected chi connectivity index (χ4v) is 3.93. The summed E-state index contributed by atoms with van der Waals surface area (Å²) >= 11 is 3.47. The van der Waals surface area contributed by atoms with Gasteiger partial charge in [-0.05, 0) is 67.1 Å². The summed E-state index contributed by atoms with van der Waals surface area (Å²) in [6.07, 6.45) is 1.52. The summed E-state index contributed by atoms with van der Waals surface area (Å²) in [4.78, 5) is 0. The normalized spacial score (nSPS) is 18.4. The Labute approximate surface area is 183 Å². The maximum atomic E-state index is 14.5. The molecule has 0 saturated carbocycles. The fraction of sp³-hybridized carbons (Fsp3) is 0.167. The summed E-state index contributed by atoms with van der Waals surface area (Å²) in [6, 6.07) is 19.4. The average molecular weight is 469 g/mol. The van der Waals surface area contributed by atoms with Gasteiger partial charge in [-0.15, -0.1) is 0 Å². The molecule has 3 aromatic rings. The summed E-state index contributed by atoms with van der Waals surface area (Å²) in [5.74, 6) is 0.669. The molecule has 0 fully saturated rings. The van der Waals surface area contributed by atoms with Gasteiger partial charge in [-0.1, -0.05) is 34.1 Å². The lowest BCUT2D eigenvalue weighted by atomic mass is 9.97. The Bertz CT molecular complexity index is 1070. The molecule has 6 heteroatoms. The van der Waals surface area contributed by atoms with Crippen molar-refractivity contribution >= 4 is 21.6 Å². The molecule has 0 spiro atoms. The standard InChI is InChI=1S/C24H22BrFN2O2/c1-2-30-17-10-7-15(8-11-17)21-14-22(19-13-16(25)9-12-23(19)29)28-24(27-21)18-5-3-4-6-20(18)26/h3-14,22,24,27-29H,2H2,1H3. The Hall–Kier alpha value is -2.83. The lowest BCUT2D eigenvalue weighted by molar-refractivity contribution is 0.340. The van der Waals surface area contributed by atoms with Gasteiger partial charge >= 0.3 is 0 Å². The number of phenolic OH excluding ortho intramolecular Hbond substituents is 1. The van der Waals surface area contributed by atoms with Crippen molar-refractivity contribution in [3.63, 3.8) is 0 Å². The molecule has 4 nitrogen and oxygen atoms in total. The maximum absolute atomic E-state index is 14.5. The lowest BCUT2D eigenvalue weighted by Gasteiger charge is -2.33. The number of ether oxygens (including phenoxy) is 1. The minimum atomic E-state index is -0.471. The topological polar surface area (TPSA) is 53.5 Å². The van der Waals surface area contributed by atoms with E-state index in [1.165, 1.54) is 6.07 Å². The van der Waals surface area contributed by atoms with Crippen molar-refractivity contribution < 1.29 is 14.2 Å². The molecule has 3 N–H and O–H groups in total. The zero-order chi connectivity index (χ0) is 21.1. The van der Waals surface area contributed by atoms with Crippen molar-refractivity contribution in [1.29, 1.82) is 0 Å². The average Bonchev–Trinajstić information content (AvgIpc) is 2.76. The Morgan fingerprint density at radius 1 is 1.03 bits per heavy atom. The van der Waals surface area contributed by atoms with Gasteiger partial charge < -0.3 is 15.2 Å². The summed E-state index contributed by atoms with van der Waals surface area (Å²) in [5.41, 5.74) is 3.00. The Kier molecular flexibility index (Phi) is 6.06. The molecule has 0 bridgehead atoms. The second-order valence-corrected chi connectivity index (χ2v) is 7.90. The van der Waals surface area contributed by atoms with Crippen LogP contribution < -0.4 is 15.4 Å². The van der Waals surface area contributed by atoms with Crippen LogP contribution in [-0.2, 0) is 0 Å². The highest BCUT2D eigenvalue weighted by atomic mass is 79.9. The van der Waals surface area contributed by atoms with Crippen LogP contribution in [0, 0.1) is 5.82 Å². The van der Waals surface area contributed by atoms with Crippen LogP contribution in [0.2, 0.25) is 0 Å². The molecule has 0 aliphatic carbocycles. The molecule has 154 valence electrons. The molecule has 2 unspecified atom stereocenters. The predicted molar refractivity (Wildman–Crippen MR) is 120 cm³/mol. The third-order valence-electron chi connectivity index (χ3n) is 5.00. The van der Waals surface area contributed by atoms with E-state index in [4.69, 9.17) is 4.74 Å². The minimum Gasteiger partial charge on any atom is -0.508 e. The number of nitrogens with one attached hydrogen (secondary N) is 2. The molecule has 0 aromatic heterocycles. The second-order valence-electron chi connectivity index (χ2n) is 6.98. The van der Waals surface area contributed by atoms with Gasteiger partial charge in [0.15, 0.2) is 0 Å². The summed E-state index contributed by atoms with van der Waals surface area (Å²) in [6.45, 7) is 2.54. The lowest BCUT2D eigenvalue weighted by Crippen LogP contribution is -2.40. The Morgan fingerprint density at radius 2 is 1.80 bits per heavy atom. The molecular weight excluding hydrogens is 447 g/mol. The molecule has 2 atom stereocenters. The zero-order valence-electron chi connectivity index (χ0n) is 16.4. The van der Waals surface area contributed by atoms with Crippen molar-refractivity contribution in [2.75, 3.05) is 6.61 Å². The molecule has 0 saturated heterocycles. The molecule has 3 aromatic carbocycles. The number of aromatic hydroxyl groups is 1. The molecule has 1 aliphatic rings. The van der Waals surface area contributed by atoms with Gasteiger partial charge in [0.05, 0.1) is 12.6 Å². The van der Waals surface area contributed by atoms with Crippen LogP contribution >= 0.6 is 15.9 Å². The summed E-state index contributed by atoms with van der Waals surface area (Å²) in [5, 5.41) is 17.2. The van der Waals surface area contributed by atoms with Gasteiger partial charge in [-0.3, -0.25) is 5.32 Å². The van der Waals surface area contributed by atoms with Crippen molar-refractivity contribution in [3.8, 4) is 11.5 Å². The number of rotatable bonds is 5. The van der Waals surface area contributed by atoms with Crippen LogP contribution in [-0.4, -0.2) is 11.7 Å². The van der Waals surface area contributed by atoms with E-state index < -0.39 is 6.17 Å². The van der Waals surface area contributed by atoms with Gasteiger partial charge in [0.2, 0.25) is 0 Å². The highest BCUT2D eigenvalue weighted by Crippen LogP contribution is 2.35. The van der Waals surface area contributed by atoms with Gasteiger partial charge in [-0.2, -0.15) is 0 Å². The summed E-state index contributed by atoms with van der Waals surface area (Å²) < 4.78 is 20.9. The van der Waals surface area contributed by atoms with E-state index in [1.54, 1.807) is 24.3 Å². The van der Waals surface area contributed by atoms with Crippen molar-refractivity contribution in [1.82, 2.24) is 10.6 Å². The monoisotopic (exact) mass is 468 g/mol. The smallest absolute Gasteiger partial charge is 0.129 e. The first-order valence-electron chi connectivity index (χ1n) is 9.75. The zero-order valence-corrected chi connectivity index (χ0v) is 18.0. The molecule has 0 radical (unpaired) electrons. The van der Waals surface area contributed by atoms with Crippen LogP contribution in [0.3, 0.4) is 0 Å². The third kappa shape index (κ3) is 4.35. The van der Waals surface area contributed by atoms with Crippen LogP contribution in [0.15, 0.2) is 77.3 Å². The predicted octanol–water partition coefficient (Wildman–Crippen LogP) is 5.67. The first-order valence-corrected chi connectivity index (χ1v) is 10.5. The number of halogens is 2. The highest BCUT2D eigenvalue weighted by molar-refractivity contribution is 9.10. The van der Waals surface area contributed by atoms with Gasteiger partial charge in [0.1, 0.15) is 23.5 Å². The Morgan fingerprint density at radius 3 is 2.53 bits per heavy atom. The van der Waals surface area contributed by atoms with Crippen molar-refractivity contribution in [2.45, 2.75) is 19.1 Å². The minimum absolute atomic E-state index is 0.173. The SMILES string of the molecule is CCOc1ccc(C2=CC(c3cc(Br)ccc3O)NC(c3ccccc3F)N2)cc1. The molecular formula is C24H22BrFN2O2. The van der Waals surface area contributed by atoms with Crippen LogP contribution in [0.5, 0.6) is 11.5 Å². The second kappa shape index (κ2) is 8.90. The third-order valence-corrected chi connectivity index (χ3v) is 5.49. The molecule has 0 amide bonds. The Balaban J connectivity index is 1.75. The number of hydrogen-bond acceptors (Lipinski definition) is 4. The van der Waals surface area contributed by atoms with Crippen molar-refractivity contribution in [2.24, 2.45) is 0 Å². The molecule has 1 aliphatic heterocycles. The van der Waals surface area contributed by atoms with E-state index in [-0.39, 0.29) is 17.6 Å². The van der Waals surface area contributed by atoms with E-state index >= 15 is 0 Å². The van der Waals surface area contributed by atoms with E-state index in [2.05, 4.69) is 26.6 Å². The van der Waals surface area contributed by atoms with Gasteiger partial charge in [0.25, 0.3) is 0 Å². The molecule has 4 rings (SSSR count). The fourth-order valence-electron chi connectivity index (χ4n) is 3.55. The van der Waals surface area contributed by atoms with Crippen LogP contribution in [0.1, 0.15) is 35.8 Å². The van der Waals surface area contributed by atoms with Crippen molar-refractivity contribution in [3.05, 3.63) is 99.8 Å². The van der Waals surface area contributed by atoms with Crippen LogP contribution in [0.25, 0.3) is 5.70 Å². The van der Waals surface area contributed by atoms with E-state index in [0.717, 1.165) is 21.5 Å². The number of benzene rings is 3. The largest absolute Gasteiger partial charge is 0.508 e. The van der Waals surface area contributed by atoms with Crippen LogP contribution in [0.4, 0.5) is 4.39 Å². The number of phenols is 1. The highest BCUT2D eigenvalue weighted by Gasteiger charge is 2.27.